The zero-order valence-corrected chi connectivity index (χ0v) is 16.7. The van der Waals surface area contributed by atoms with Gasteiger partial charge >= 0.3 is 11.9 Å². The molecule has 1 saturated carbocycles. The maximum Gasteiger partial charge on any atom is 0.336 e. The molecule has 0 amide bonds. The summed E-state index contributed by atoms with van der Waals surface area (Å²) in [4.78, 5) is 25.0. The van der Waals surface area contributed by atoms with E-state index in [1.165, 1.54) is 29.5 Å². The Labute approximate surface area is 176 Å². The molecule has 30 heavy (non-hydrogen) atoms. The van der Waals surface area contributed by atoms with Crippen LogP contribution in [0.15, 0.2) is 47.9 Å². The molecule has 3 rings (SSSR count). The normalized spacial score (nSPS) is 26.5. The second-order valence-corrected chi connectivity index (χ2v) is 8.07. The summed E-state index contributed by atoms with van der Waals surface area (Å²) < 4.78 is 10.9. The molecule has 0 unspecified atom stereocenters. The fraction of sp³-hybridized carbons (Fsp3) is 0.333. The fourth-order valence-corrected chi connectivity index (χ4v) is 3.86. The quantitative estimate of drug-likeness (QED) is 0.384. The summed E-state index contributed by atoms with van der Waals surface area (Å²) in [6.07, 6.45) is -2.19. The lowest BCUT2D eigenvalue weighted by Crippen LogP contribution is -2.58. The molecular weight excluding hydrogens is 412 g/mol. The highest BCUT2D eigenvalue weighted by molar-refractivity contribution is 7.09. The maximum atomic E-state index is 12.2. The monoisotopic (exact) mass is 434 g/mol. The number of phenols is 1. The third-order valence-corrected chi connectivity index (χ3v) is 5.73. The Morgan fingerprint density at radius 2 is 1.90 bits per heavy atom. The van der Waals surface area contributed by atoms with E-state index in [0.717, 1.165) is 11.0 Å². The molecule has 0 saturated heterocycles. The number of phenolic OH excluding ortho intramolecular Hbond substituents is 1. The highest BCUT2D eigenvalue weighted by Crippen LogP contribution is 2.35. The second-order valence-electron chi connectivity index (χ2n) is 7.03. The van der Waals surface area contributed by atoms with Crippen LogP contribution < -0.4 is 0 Å². The zero-order chi connectivity index (χ0) is 21.7. The van der Waals surface area contributed by atoms with E-state index in [2.05, 4.69) is 0 Å². The molecule has 1 heterocycles. The number of carbonyl (C=O) groups excluding carboxylic acids is 1. The van der Waals surface area contributed by atoms with Crippen LogP contribution in [0.25, 0.3) is 6.08 Å². The molecule has 0 radical (unpaired) electrons. The Morgan fingerprint density at radius 1 is 1.17 bits per heavy atom. The first-order valence-corrected chi connectivity index (χ1v) is 10.1. The van der Waals surface area contributed by atoms with E-state index in [1.54, 1.807) is 24.3 Å². The average Bonchev–Trinajstić information content (AvgIpc) is 3.23. The first-order valence-electron chi connectivity index (χ1n) is 9.23. The van der Waals surface area contributed by atoms with Gasteiger partial charge in [0.25, 0.3) is 0 Å². The Morgan fingerprint density at radius 3 is 2.53 bits per heavy atom. The van der Waals surface area contributed by atoms with Crippen LogP contribution in [0.2, 0.25) is 0 Å². The van der Waals surface area contributed by atoms with Crippen LogP contribution in [0.5, 0.6) is 5.75 Å². The van der Waals surface area contributed by atoms with Crippen molar-refractivity contribution in [2.75, 3.05) is 0 Å². The lowest BCUT2D eigenvalue weighted by Gasteiger charge is -2.41. The number of thiophene rings is 1. The summed E-state index contributed by atoms with van der Waals surface area (Å²) in [6, 6.07) is 9.69. The maximum absolute atomic E-state index is 12.2. The molecule has 0 bridgehead atoms. The van der Waals surface area contributed by atoms with E-state index in [-0.39, 0.29) is 25.2 Å². The third-order valence-electron chi connectivity index (χ3n) is 4.88. The predicted molar refractivity (Wildman–Crippen MR) is 108 cm³/mol. The number of aliphatic carboxylic acids is 1. The highest BCUT2D eigenvalue weighted by atomic mass is 32.1. The van der Waals surface area contributed by atoms with Crippen molar-refractivity contribution in [1.29, 1.82) is 0 Å². The van der Waals surface area contributed by atoms with E-state index in [0.29, 0.717) is 5.56 Å². The minimum atomic E-state index is -1.80. The highest BCUT2D eigenvalue weighted by Gasteiger charge is 2.52. The first-order chi connectivity index (χ1) is 14.3. The standard InChI is InChI=1S/C21H22O8S/c22-14-6-3-13(4-7-14)5-8-18(24)29-17-11-21(20(26)27,10-16(23)19(17)25)28-12-15-2-1-9-30-15/h1-9,16-17,19,22-23,25H,10-12H2,(H,26,27)/b8-5+/t16-,17+,19+,21-/m0/s1. The van der Waals surface area contributed by atoms with Crippen molar-refractivity contribution < 1.29 is 39.5 Å². The Kier molecular flexibility index (Phi) is 6.88. The Hall–Kier alpha value is -2.72. The summed E-state index contributed by atoms with van der Waals surface area (Å²) in [5.74, 6) is -2.02. The molecule has 0 aliphatic heterocycles. The molecule has 9 heteroatoms. The van der Waals surface area contributed by atoms with Crippen LogP contribution in [0.1, 0.15) is 23.3 Å². The number of aliphatic hydroxyl groups is 2. The van der Waals surface area contributed by atoms with Gasteiger partial charge < -0.3 is 29.9 Å². The SMILES string of the molecule is O=C(/C=C/c1ccc(O)cc1)O[C@@H]1C[C@](OCc2cccs2)(C(=O)O)C[C@H](O)[C@H]1O. The lowest BCUT2D eigenvalue weighted by molar-refractivity contribution is -0.209. The molecule has 1 aromatic carbocycles. The van der Waals surface area contributed by atoms with Crippen molar-refractivity contribution in [1.82, 2.24) is 0 Å². The number of ether oxygens (including phenoxy) is 2. The molecule has 1 aliphatic rings. The molecular formula is C21H22O8S. The molecule has 1 aliphatic carbocycles. The Balaban J connectivity index is 1.69. The van der Waals surface area contributed by atoms with Crippen molar-refractivity contribution >= 4 is 29.4 Å². The lowest BCUT2D eigenvalue weighted by atomic mass is 9.79. The largest absolute Gasteiger partial charge is 0.508 e. The second kappa shape index (κ2) is 9.40. The van der Waals surface area contributed by atoms with Gasteiger partial charge in [0.15, 0.2) is 5.60 Å². The van der Waals surface area contributed by atoms with Crippen LogP contribution in [0, 0.1) is 0 Å². The number of hydrogen-bond donors (Lipinski definition) is 4. The summed E-state index contributed by atoms with van der Waals surface area (Å²) >= 11 is 1.40. The van der Waals surface area contributed by atoms with Gasteiger partial charge in [-0.15, -0.1) is 11.3 Å². The van der Waals surface area contributed by atoms with Gasteiger partial charge in [0.05, 0.1) is 12.7 Å². The molecule has 1 aromatic heterocycles. The van der Waals surface area contributed by atoms with Crippen LogP contribution in [0.3, 0.4) is 0 Å². The predicted octanol–water partition coefficient (Wildman–Crippen LogP) is 1.93. The van der Waals surface area contributed by atoms with E-state index in [4.69, 9.17) is 9.47 Å². The summed E-state index contributed by atoms with van der Waals surface area (Å²) in [7, 11) is 0. The smallest absolute Gasteiger partial charge is 0.336 e. The minimum Gasteiger partial charge on any atom is -0.508 e. The van der Waals surface area contributed by atoms with Crippen molar-refractivity contribution in [3.05, 3.63) is 58.3 Å². The zero-order valence-electron chi connectivity index (χ0n) is 15.9. The van der Waals surface area contributed by atoms with Crippen molar-refractivity contribution in [2.45, 2.75) is 43.4 Å². The van der Waals surface area contributed by atoms with Gasteiger partial charge in [0, 0.05) is 23.8 Å². The average molecular weight is 434 g/mol. The van der Waals surface area contributed by atoms with Crippen LogP contribution >= 0.6 is 11.3 Å². The molecule has 4 N–H and O–H groups in total. The van der Waals surface area contributed by atoms with E-state index < -0.39 is 35.9 Å². The number of aliphatic hydroxyl groups excluding tert-OH is 2. The summed E-state index contributed by atoms with van der Waals surface area (Å²) in [6.45, 7) is 0.0220. The summed E-state index contributed by atoms with van der Waals surface area (Å²) in [5, 5.41) is 41.3. The Bertz CT molecular complexity index is 892. The van der Waals surface area contributed by atoms with Crippen molar-refractivity contribution in [3.63, 3.8) is 0 Å². The van der Waals surface area contributed by atoms with Gasteiger partial charge in [0.2, 0.25) is 0 Å². The molecule has 2 aromatic rings. The molecule has 160 valence electrons. The number of aromatic hydroxyl groups is 1. The van der Waals surface area contributed by atoms with Crippen molar-refractivity contribution in [2.24, 2.45) is 0 Å². The van der Waals surface area contributed by atoms with E-state index >= 15 is 0 Å². The molecule has 0 spiro atoms. The number of carbonyl (C=O) groups is 2. The van der Waals surface area contributed by atoms with Gasteiger partial charge in [-0.2, -0.15) is 0 Å². The number of carboxylic acid groups (broad SMARTS) is 1. The molecule has 4 atom stereocenters. The van der Waals surface area contributed by atoms with Gasteiger partial charge in [-0.1, -0.05) is 18.2 Å². The van der Waals surface area contributed by atoms with E-state index in [9.17, 15) is 30.0 Å². The number of rotatable bonds is 7. The topological polar surface area (TPSA) is 134 Å². The number of hydrogen-bond acceptors (Lipinski definition) is 8. The van der Waals surface area contributed by atoms with E-state index in [1.807, 2.05) is 5.38 Å². The van der Waals surface area contributed by atoms with Gasteiger partial charge in [-0.3, -0.25) is 0 Å². The minimum absolute atomic E-state index is 0.0220. The summed E-state index contributed by atoms with van der Waals surface area (Å²) in [5.41, 5.74) is -1.16. The van der Waals surface area contributed by atoms with Crippen LogP contribution in [-0.4, -0.2) is 56.3 Å². The van der Waals surface area contributed by atoms with Crippen LogP contribution in [0.4, 0.5) is 0 Å². The van der Waals surface area contributed by atoms with Crippen molar-refractivity contribution in [3.8, 4) is 5.75 Å². The van der Waals surface area contributed by atoms with Gasteiger partial charge in [0.1, 0.15) is 18.0 Å². The van der Waals surface area contributed by atoms with Gasteiger partial charge in [-0.25, -0.2) is 9.59 Å². The molecule has 1 fully saturated rings. The first kappa shape index (κ1) is 22.0. The van der Waals surface area contributed by atoms with Crippen LogP contribution in [-0.2, 0) is 25.7 Å². The third kappa shape index (κ3) is 5.25. The fourth-order valence-electron chi connectivity index (χ4n) is 3.24. The number of esters is 1. The number of benzene rings is 1. The molecule has 8 nitrogen and oxygen atoms in total. The number of carboxylic acids is 1. The van der Waals surface area contributed by atoms with Gasteiger partial charge in [-0.05, 0) is 35.2 Å².